The fourth-order valence-electron chi connectivity index (χ4n) is 2.89. The average molecular weight is 357 g/mol. The lowest BCUT2D eigenvalue weighted by Crippen LogP contribution is -3.14. The molecule has 0 atom stereocenters. The van der Waals surface area contributed by atoms with E-state index in [1.807, 2.05) is 35.2 Å². The van der Waals surface area contributed by atoms with E-state index in [1.165, 1.54) is 10.5 Å². The van der Waals surface area contributed by atoms with E-state index in [1.54, 1.807) is 12.1 Å². The molecule has 5 heteroatoms. The number of nitrogens with zero attached hydrogens (tertiary/aromatic N) is 1. The minimum absolute atomic E-state index is 0.0406. The summed E-state index contributed by atoms with van der Waals surface area (Å²) in [5.41, 5.74) is 2.00. The molecule has 2 aromatic rings. The third kappa shape index (κ3) is 5.34. The number of amides is 2. The van der Waals surface area contributed by atoms with Crippen LogP contribution < -0.4 is 10.2 Å². The number of piperazine rings is 1. The zero-order chi connectivity index (χ0) is 17.5. The number of benzene rings is 2. The highest BCUT2D eigenvalue weighted by Gasteiger charge is 2.22. The van der Waals surface area contributed by atoms with Crippen LogP contribution in [0.4, 0.5) is 10.5 Å². The van der Waals surface area contributed by atoms with Crippen molar-refractivity contribution in [2.45, 2.75) is 0 Å². The molecule has 0 unspecified atom stereocenters. The Labute approximate surface area is 153 Å². The smallest absolute Gasteiger partial charge is 0.322 e. The van der Waals surface area contributed by atoms with Crippen LogP contribution in [0, 0.1) is 0 Å². The van der Waals surface area contributed by atoms with Gasteiger partial charge in [-0.3, -0.25) is 0 Å². The summed E-state index contributed by atoms with van der Waals surface area (Å²) in [6, 6.07) is 17.5. The van der Waals surface area contributed by atoms with Gasteiger partial charge in [0.05, 0.1) is 32.7 Å². The zero-order valence-electron chi connectivity index (χ0n) is 14.1. The molecule has 130 valence electrons. The van der Waals surface area contributed by atoms with Crippen molar-refractivity contribution in [1.29, 1.82) is 0 Å². The van der Waals surface area contributed by atoms with Crippen molar-refractivity contribution in [3.05, 3.63) is 71.3 Å². The standard InChI is InChI=1S/C20H22ClN3O/c21-18-8-10-19(11-9-18)22-20(25)24-15-13-23(14-16-24)12-4-7-17-5-2-1-3-6-17/h1-11H,12-16H2,(H,22,25)/p+1. The molecule has 25 heavy (non-hydrogen) atoms. The van der Waals surface area contributed by atoms with E-state index >= 15 is 0 Å². The topological polar surface area (TPSA) is 36.8 Å². The second kappa shape index (κ2) is 8.70. The summed E-state index contributed by atoms with van der Waals surface area (Å²) in [6.07, 6.45) is 4.38. The van der Waals surface area contributed by atoms with Gasteiger partial charge in [0.2, 0.25) is 0 Å². The van der Waals surface area contributed by atoms with Crippen LogP contribution in [0.15, 0.2) is 60.7 Å². The number of urea groups is 1. The third-order valence-electron chi connectivity index (χ3n) is 4.37. The van der Waals surface area contributed by atoms with Crippen LogP contribution in [0.3, 0.4) is 0 Å². The van der Waals surface area contributed by atoms with Gasteiger partial charge in [0.25, 0.3) is 0 Å². The van der Waals surface area contributed by atoms with Crippen LogP contribution in [-0.4, -0.2) is 43.7 Å². The highest BCUT2D eigenvalue weighted by atomic mass is 35.5. The van der Waals surface area contributed by atoms with Crippen LogP contribution in [0.5, 0.6) is 0 Å². The molecule has 3 rings (SSSR count). The number of hydrogen-bond acceptors (Lipinski definition) is 1. The molecule has 0 bridgehead atoms. The van der Waals surface area contributed by atoms with Gasteiger partial charge < -0.3 is 15.1 Å². The van der Waals surface area contributed by atoms with Crippen molar-refractivity contribution >= 4 is 29.4 Å². The molecule has 0 aromatic heterocycles. The van der Waals surface area contributed by atoms with Crippen molar-refractivity contribution in [3.8, 4) is 0 Å². The van der Waals surface area contributed by atoms with E-state index < -0.39 is 0 Å². The van der Waals surface area contributed by atoms with Gasteiger partial charge in [-0.05, 0) is 35.9 Å². The lowest BCUT2D eigenvalue weighted by atomic mass is 10.2. The summed E-state index contributed by atoms with van der Waals surface area (Å²) in [4.78, 5) is 15.7. The molecule has 0 radical (unpaired) electrons. The van der Waals surface area contributed by atoms with Gasteiger partial charge in [-0.2, -0.15) is 0 Å². The molecule has 0 spiro atoms. The second-order valence-corrected chi connectivity index (χ2v) is 6.63. The van der Waals surface area contributed by atoms with Crippen LogP contribution >= 0.6 is 11.6 Å². The highest BCUT2D eigenvalue weighted by Crippen LogP contribution is 2.13. The summed E-state index contributed by atoms with van der Waals surface area (Å²) < 4.78 is 0. The monoisotopic (exact) mass is 356 g/mol. The predicted molar refractivity (Wildman–Crippen MR) is 103 cm³/mol. The number of carbonyl (C=O) groups is 1. The minimum Gasteiger partial charge on any atom is -0.329 e. The van der Waals surface area contributed by atoms with Gasteiger partial charge in [0.15, 0.2) is 0 Å². The largest absolute Gasteiger partial charge is 0.329 e. The van der Waals surface area contributed by atoms with E-state index in [4.69, 9.17) is 11.6 Å². The maximum absolute atomic E-state index is 12.3. The van der Waals surface area contributed by atoms with E-state index in [-0.39, 0.29) is 6.03 Å². The molecule has 1 aliphatic rings. The molecule has 2 amide bonds. The molecular weight excluding hydrogens is 334 g/mol. The zero-order valence-corrected chi connectivity index (χ0v) is 14.9. The van der Waals surface area contributed by atoms with Crippen LogP contribution in [0.1, 0.15) is 5.56 Å². The number of hydrogen-bond donors (Lipinski definition) is 2. The van der Waals surface area contributed by atoms with Crippen LogP contribution in [0.2, 0.25) is 5.02 Å². The number of halogens is 1. The highest BCUT2D eigenvalue weighted by molar-refractivity contribution is 6.30. The average Bonchev–Trinajstić information content (AvgIpc) is 2.65. The first-order valence-electron chi connectivity index (χ1n) is 8.57. The Morgan fingerprint density at radius 1 is 1.08 bits per heavy atom. The van der Waals surface area contributed by atoms with E-state index in [0.717, 1.165) is 38.4 Å². The number of anilines is 1. The fourth-order valence-corrected chi connectivity index (χ4v) is 3.02. The van der Waals surface area contributed by atoms with Crippen molar-refractivity contribution in [1.82, 2.24) is 4.90 Å². The minimum atomic E-state index is -0.0406. The summed E-state index contributed by atoms with van der Waals surface area (Å²) in [6.45, 7) is 4.46. The summed E-state index contributed by atoms with van der Waals surface area (Å²) >= 11 is 5.86. The second-order valence-electron chi connectivity index (χ2n) is 6.19. The lowest BCUT2D eigenvalue weighted by molar-refractivity contribution is -0.898. The summed E-state index contributed by atoms with van der Waals surface area (Å²) in [5.74, 6) is 0. The van der Waals surface area contributed by atoms with Crippen molar-refractivity contribution in [2.24, 2.45) is 0 Å². The quantitative estimate of drug-likeness (QED) is 0.868. The molecular formula is C20H23ClN3O+. The Hall–Kier alpha value is -2.30. The van der Waals surface area contributed by atoms with E-state index in [0.29, 0.717) is 5.02 Å². The Morgan fingerprint density at radius 3 is 2.44 bits per heavy atom. The maximum atomic E-state index is 12.3. The molecule has 1 heterocycles. The SMILES string of the molecule is O=C(Nc1ccc(Cl)cc1)N1CC[NH+](CC=Cc2ccccc2)CC1. The summed E-state index contributed by atoms with van der Waals surface area (Å²) in [5, 5.41) is 3.59. The molecule has 2 N–H and O–H groups in total. The maximum Gasteiger partial charge on any atom is 0.322 e. The van der Waals surface area contributed by atoms with Crippen LogP contribution in [0.25, 0.3) is 6.08 Å². The van der Waals surface area contributed by atoms with Gasteiger partial charge >= 0.3 is 6.03 Å². The van der Waals surface area contributed by atoms with Crippen molar-refractivity contribution < 1.29 is 9.69 Å². The molecule has 4 nitrogen and oxygen atoms in total. The van der Waals surface area contributed by atoms with Gasteiger partial charge in [0.1, 0.15) is 0 Å². The molecule has 1 fully saturated rings. The summed E-state index contributed by atoms with van der Waals surface area (Å²) in [7, 11) is 0. The molecule has 1 saturated heterocycles. The Balaban J connectivity index is 1.42. The number of carbonyl (C=O) groups excluding carboxylic acids is 1. The molecule has 2 aromatic carbocycles. The van der Waals surface area contributed by atoms with Gasteiger partial charge in [-0.25, -0.2) is 4.79 Å². The normalized spacial score (nSPS) is 15.5. The number of rotatable bonds is 4. The van der Waals surface area contributed by atoms with Gasteiger partial charge in [-0.15, -0.1) is 0 Å². The first kappa shape index (κ1) is 17.5. The van der Waals surface area contributed by atoms with Crippen LogP contribution in [-0.2, 0) is 0 Å². The molecule has 0 aliphatic carbocycles. The Kier molecular flexibility index (Phi) is 6.09. The van der Waals surface area contributed by atoms with Crippen molar-refractivity contribution in [3.63, 3.8) is 0 Å². The number of quaternary nitrogens is 1. The fraction of sp³-hybridized carbons (Fsp3) is 0.250. The van der Waals surface area contributed by atoms with Gasteiger partial charge in [0, 0.05) is 10.7 Å². The van der Waals surface area contributed by atoms with Crippen molar-refractivity contribution in [2.75, 3.05) is 38.0 Å². The van der Waals surface area contributed by atoms with Gasteiger partial charge in [-0.1, -0.05) is 48.0 Å². The lowest BCUT2D eigenvalue weighted by Gasteiger charge is -2.31. The Morgan fingerprint density at radius 2 is 1.76 bits per heavy atom. The number of nitrogens with one attached hydrogen (secondary N) is 2. The third-order valence-corrected chi connectivity index (χ3v) is 4.62. The molecule has 1 aliphatic heterocycles. The predicted octanol–water partition coefficient (Wildman–Crippen LogP) is 2.79. The molecule has 0 saturated carbocycles. The van der Waals surface area contributed by atoms with E-state index in [9.17, 15) is 4.79 Å². The van der Waals surface area contributed by atoms with E-state index in [2.05, 4.69) is 29.6 Å². The first-order chi connectivity index (χ1) is 12.2. The Bertz CT molecular complexity index is 707. The first-order valence-corrected chi connectivity index (χ1v) is 8.95.